The van der Waals surface area contributed by atoms with Crippen molar-refractivity contribution in [2.24, 2.45) is 22.1 Å². The van der Waals surface area contributed by atoms with Crippen LogP contribution in [0.1, 0.15) is 12.0 Å². The summed E-state index contributed by atoms with van der Waals surface area (Å²) in [6, 6.07) is 6.26. The Morgan fingerprint density at radius 2 is 1.86 bits per heavy atom. The average Bonchev–Trinajstić information content (AvgIpc) is 2.80. The normalized spacial score (nSPS) is 40.0. The summed E-state index contributed by atoms with van der Waals surface area (Å²) < 4.78 is 38.7. The van der Waals surface area contributed by atoms with Gasteiger partial charge in [-0.1, -0.05) is 28.7 Å². The van der Waals surface area contributed by atoms with Crippen molar-refractivity contribution in [1.82, 2.24) is 0 Å². The summed E-state index contributed by atoms with van der Waals surface area (Å²) >= 11 is 2.41. The topological polar surface area (TPSA) is 36.8 Å². The molecule has 2 saturated carbocycles. The number of hydrogen-bond acceptors (Lipinski definition) is 3. The van der Waals surface area contributed by atoms with Crippen LogP contribution in [-0.4, -0.2) is 22.1 Å². The van der Waals surface area contributed by atoms with E-state index in [2.05, 4.69) is 38.1 Å². The highest BCUT2D eigenvalue weighted by Gasteiger charge is 2.61. The van der Waals surface area contributed by atoms with E-state index >= 15 is 0 Å². The number of anilines is 1. The molecule has 6 atom stereocenters. The van der Waals surface area contributed by atoms with Crippen LogP contribution in [0, 0.1) is 11.8 Å². The van der Waals surface area contributed by atoms with Gasteiger partial charge in [-0.25, -0.2) is 0 Å². The van der Waals surface area contributed by atoms with E-state index in [0.717, 1.165) is 12.5 Å². The third-order valence-electron chi connectivity index (χ3n) is 4.84. The van der Waals surface area contributed by atoms with Gasteiger partial charge >= 0.3 is 6.18 Å². The monoisotopic (exact) mass is 407 g/mol. The fraction of sp³-hybridized carbons (Fsp3) is 0.571. The van der Waals surface area contributed by atoms with Crippen molar-refractivity contribution < 1.29 is 13.2 Å². The fourth-order valence-electron chi connectivity index (χ4n) is 3.84. The molecular weight excluding hydrogens is 394 g/mol. The predicted molar refractivity (Wildman–Crippen MR) is 80.7 cm³/mol. The lowest BCUT2D eigenvalue weighted by Gasteiger charge is -2.39. The van der Waals surface area contributed by atoms with E-state index in [1.807, 2.05) is 0 Å². The number of hydrogen-bond donors (Lipinski definition) is 1. The van der Waals surface area contributed by atoms with Gasteiger partial charge in [0.15, 0.2) is 0 Å². The molecule has 0 spiro atoms. The molecule has 112 valence electrons. The zero-order valence-electron chi connectivity index (χ0n) is 10.9. The Balaban J connectivity index is 1.56. The predicted octanol–water partition coefficient (Wildman–Crippen LogP) is 4.14. The van der Waals surface area contributed by atoms with Crippen LogP contribution in [0.3, 0.4) is 0 Å². The fourth-order valence-corrected chi connectivity index (χ4v) is 5.27. The highest BCUT2D eigenvalue weighted by molar-refractivity contribution is 14.1. The number of nitrogens with zero attached hydrogens (tertiary/aromatic N) is 2. The molecule has 1 heterocycles. The van der Waals surface area contributed by atoms with E-state index in [0.29, 0.717) is 27.5 Å². The molecule has 0 saturated heterocycles. The molecule has 3 aliphatic rings. The Hall–Kier alpha value is -0.860. The van der Waals surface area contributed by atoms with E-state index in [1.165, 1.54) is 12.1 Å². The van der Waals surface area contributed by atoms with Crippen molar-refractivity contribution in [2.45, 2.75) is 34.6 Å². The molecule has 0 aromatic heterocycles. The number of rotatable bonds is 2. The lowest BCUT2D eigenvalue weighted by molar-refractivity contribution is -0.137. The third kappa shape index (κ3) is 2.07. The van der Waals surface area contributed by atoms with Gasteiger partial charge in [0.2, 0.25) is 0 Å². The van der Waals surface area contributed by atoms with Gasteiger partial charge in [-0.05, 0) is 30.5 Å². The molecule has 0 amide bonds. The number of benzene rings is 1. The first-order chi connectivity index (χ1) is 9.95. The van der Waals surface area contributed by atoms with E-state index in [4.69, 9.17) is 0 Å². The second-order valence-corrected chi connectivity index (χ2v) is 7.41. The largest absolute Gasteiger partial charge is 0.416 e. The average molecular weight is 407 g/mol. The maximum atomic E-state index is 12.8. The Kier molecular flexibility index (Phi) is 3.00. The zero-order valence-corrected chi connectivity index (χ0v) is 13.0. The molecule has 4 rings (SSSR count). The molecule has 2 unspecified atom stereocenters. The number of halogens is 4. The van der Waals surface area contributed by atoms with Crippen LogP contribution in [0.5, 0.6) is 0 Å². The van der Waals surface area contributed by atoms with E-state index in [-0.39, 0.29) is 12.1 Å². The van der Waals surface area contributed by atoms with Crippen molar-refractivity contribution in [3.8, 4) is 0 Å². The SMILES string of the molecule is FC(F)(F)c1cccc(NC2C(I)[C@@H]3C[C@H]2[C@H]2N=N[C@H]23)c1. The van der Waals surface area contributed by atoms with Gasteiger partial charge in [0.1, 0.15) is 6.04 Å². The number of azo groups is 1. The standard InChI is InChI=1S/C14H13F3IN3/c15-14(16,17)6-2-1-3-7(4-6)19-11-9-5-8(10(11)18)12-13(9)21-20-12/h1-4,8-13,19H,5H2/t8-,9+,10?,11?,12-,13+/m0/s1. The van der Waals surface area contributed by atoms with E-state index in [9.17, 15) is 13.2 Å². The molecule has 0 radical (unpaired) electrons. The maximum Gasteiger partial charge on any atom is 0.416 e. The molecule has 1 aliphatic heterocycles. The van der Waals surface area contributed by atoms with Crippen LogP contribution in [0.25, 0.3) is 0 Å². The number of nitrogens with one attached hydrogen (secondary N) is 1. The van der Waals surface area contributed by atoms with Gasteiger partial charge < -0.3 is 5.32 Å². The van der Waals surface area contributed by atoms with Crippen molar-refractivity contribution in [2.75, 3.05) is 5.32 Å². The van der Waals surface area contributed by atoms with E-state index in [1.54, 1.807) is 6.07 Å². The minimum atomic E-state index is -4.30. The first kappa shape index (κ1) is 13.8. The van der Waals surface area contributed by atoms with Crippen LogP contribution in [-0.2, 0) is 6.18 Å². The van der Waals surface area contributed by atoms with Crippen LogP contribution >= 0.6 is 22.6 Å². The lowest BCUT2D eigenvalue weighted by atomic mass is 9.85. The van der Waals surface area contributed by atoms with Crippen LogP contribution in [0.15, 0.2) is 34.5 Å². The van der Waals surface area contributed by atoms with Crippen molar-refractivity contribution in [3.05, 3.63) is 29.8 Å². The van der Waals surface area contributed by atoms with Gasteiger partial charge in [0.05, 0.1) is 11.6 Å². The highest BCUT2D eigenvalue weighted by atomic mass is 127. The summed E-state index contributed by atoms with van der Waals surface area (Å²) in [6.45, 7) is 0. The Morgan fingerprint density at radius 3 is 2.52 bits per heavy atom. The summed E-state index contributed by atoms with van der Waals surface area (Å²) in [6.07, 6.45) is -3.23. The minimum absolute atomic E-state index is 0.180. The third-order valence-corrected chi connectivity index (χ3v) is 6.54. The molecule has 1 aromatic carbocycles. The molecule has 1 N–H and O–H groups in total. The van der Waals surface area contributed by atoms with Crippen molar-refractivity contribution in [3.63, 3.8) is 0 Å². The molecular formula is C14H13F3IN3. The summed E-state index contributed by atoms with van der Waals surface area (Å²) in [5.41, 5.74) is -0.0706. The molecule has 21 heavy (non-hydrogen) atoms. The first-order valence-corrected chi connectivity index (χ1v) is 8.17. The maximum absolute atomic E-state index is 12.8. The second kappa shape index (κ2) is 4.57. The summed E-state index contributed by atoms with van der Waals surface area (Å²) in [4.78, 5) is 0. The van der Waals surface area contributed by atoms with Crippen molar-refractivity contribution in [1.29, 1.82) is 0 Å². The molecule has 3 nitrogen and oxygen atoms in total. The quantitative estimate of drug-likeness (QED) is 0.581. The van der Waals surface area contributed by atoms with Gasteiger partial charge in [-0.2, -0.15) is 23.4 Å². The molecule has 2 fully saturated rings. The van der Waals surface area contributed by atoms with Crippen LogP contribution < -0.4 is 5.32 Å². The number of fused-ring (bicyclic) bond motifs is 5. The smallest absolute Gasteiger partial charge is 0.381 e. The Bertz CT molecular complexity index is 603. The van der Waals surface area contributed by atoms with Gasteiger partial charge in [-0.3, -0.25) is 0 Å². The van der Waals surface area contributed by atoms with Crippen LogP contribution in [0.2, 0.25) is 0 Å². The van der Waals surface area contributed by atoms with Gasteiger partial charge in [0, 0.05) is 21.6 Å². The van der Waals surface area contributed by atoms with Crippen molar-refractivity contribution >= 4 is 28.3 Å². The Labute approximate surface area is 133 Å². The molecule has 7 heteroatoms. The summed E-state index contributed by atoms with van der Waals surface area (Å²) in [5.74, 6) is 0.912. The second-order valence-electron chi connectivity index (χ2n) is 5.97. The highest BCUT2D eigenvalue weighted by Crippen LogP contribution is 2.55. The minimum Gasteiger partial charge on any atom is -0.381 e. The molecule has 2 aliphatic carbocycles. The van der Waals surface area contributed by atoms with E-state index < -0.39 is 11.7 Å². The first-order valence-electron chi connectivity index (χ1n) is 6.93. The summed E-state index contributed by atoms with van der Waals surface area (Å²) in [5, 5.41) is 11.7. The van der Waals surface area contributed by atoms with Gasteiger partial charge in [0.25, 0.3) is 0 Å². The molecule has 1 aromatic rings. The lowest BCUT2D eigenvalue weighted by Crippen LogP contribution is -2.50. The summed E-state index contributed by atoms with van der Waals surface area (Å²) in [7, 11) is 0. The zero-order chi connectivity index (χ0) is 14.8. The van der Waals surface area contributed by atoms with Crippen LogP contribution in [0.4, 0.5) is 18.9 Å². The van der Waals surface area contributed by atoms with Gasteiger partial charge in [-0.15, -0.1) is 0 Å². The number of alkyl halides is 4. The Morgan fingerprint density at radius 1 is 1.14 bits per heavy atom. The molecule has 2 bridgehead atoms.